The van der Waals surface area contributed by atoms with Crippen LogP contribution in [0.2, 0.25) is 5.02 Å². The number of nitrogens with one attached hydrogen (secondary N) is 2. The Bertz CT molecular complexity index is 785. The first kappa shape index (κ1) is 15.1. The number of nitrogens with zero attached hydrogens (tertiary/aromatic N) is 2. The van der Waals surface area contributed by atoms with Gasteiger partial charge in [0, 0.05) is 24.0 Å². The number of carbonyl (C=O) groups is 1. The van der Waals surface area contributed by atoms with E-state index in [0.717, 1.165) is 11.3 Å². The van der Waals surface area contributed by atoms with Gasteiger partial charge in [-0.15, -0.1) is 0 Å². The zero-order chi connectivity index (χ0) is 16.1. The van der Waals surface area contributed by atoms with Gasteiger partial charge in [-0.2, -0.15) is 5.10 Å². The molecular formula is C17H15ClN4O. The largest absolute Gasteiger partial charge is 0.334 e. The lowest BCUT2D eigenvalue weighted by Gasteiger charge is -2.12. The number of para-hydroxylation sites is 2. The zero-order valence-electron chi connectivity index (χ0n) is 12.2. The Balaban J connectivity index is 1.65. The summed E-state index contributed by atoms with van der Waals surface area (Å²) in [6.07, 6.45) is 3.52. The number of benzene rings is 2. The van der Waals surface area contributed by atoms with E-state index in [-0.39, 0.29) is 6.03 Å². The second-order valence-electron chi connectivity index (χ2n) is 4.90. The van der Waals surface area contributed by atoms with Crippen molar-refractivity contribution in [1.29, 1.82) is 0 Å². The lowest BCUT2D eigenvalue weighted by molar-refractivity contribution is 0.251. The van der Waals surface area contributed by atoms with Crippen molar-refractivity contribution >= 4 is 23.3 Å². The Hall–Kier alpha value is -2.79. The second kappa shape index (κ2) is 6.98. The summed E-state index contributed by atoms with van der Waals surface area (Å²) < 4.78 is 1.70. The van der Waals surface area contributed by atoms with Crippen LogP contribution in [0.1, 0.15) is 5.56 Å². The summed E-state index contributed by atoms with van der Waals surface area (Å²) in [6, 6.07) is 16.4. The Kier molecular flexibility index (Phi) is 4.59. The van der Waals surface area contributed by atoms with Gasteiger partial charge >= 0.3 is 6.03 Å². The molecule has 6 heteroatoms. The molecule has 3 aromatic rings. The average Bonchev–Trinajstić information content (AvgIpc) is 3.09. The maximum Gasteiger partial charge on any atom is 0.319 e. The van der Waals surface area contributed by atoms with Crippen molar-refractivity contribution in [3.05, 3.63) is 77.6 Å². The average molecular weight is 327 g/mol. The molecule has 3 rings (SSSR count). The van der Waals surface area contributed by atoms with Gasteiger partial charge in [0.2, 0.25) is 0 Å². The molecule has 0 fully saturated rings. The van der Waals surface area contributed by atoms with Crippen LogP contribution in [0.5, 0.6) is 0 Å². The highest BCUT2D eigenvalue weighted by molar-refractivity contribution is 6.30. The van der Waals surface area contributed by atoms with E-state index in [4.69, 9.17) is 11.6 Å². The van der Waals surface area contributed by atoms with E-state index in [1.807, 2.05) is 48.7 Å². The number of carbonyl (C=O) groups excluding carboxylic acids is 1. The quantitative estimate of drug-likeness (QED) is 0.765. The Labute approximate surface area is 138 Å². The minimum atomic E-state index is -0.278. The van der Waals surface area contributed by atoms with Crippen molar-refractivity contribution in [3.8, 4) is 5.69 Å². The zero-order valence-corrected chi connectivity index (χ0v) is 13.0. The summed E-state index contributed by atoms with van der Waals surface area (Å²) in [4.78, 5) is 12.1. The van der Waals surface area contributed by atoms with Crippen molar-refractivity contribution in [3.63, 3.8) is 0 Å². The smallest absolute Gasteiger partial charge is 0.319 e. The van der Waals surface area contributed by atoms with Gasteiger partial charge in [-0.1, -0.05) is 35.9 Å². The topological polar surface area (TPSA) is 59.0 Å². The predicted molar refractivity (Wildman–Crippen MR) is 90.9 cm³/mol. The molecule has 0 aliphatic carbocycles. The lowest BCUT2D eigenvalue weighted by Crippen LogP contribution is -2.28. The molecule has 0 unspecified atom stereocenters. The van der Waals surface area contributed by atoms with Crippen LogP contribution in [0.25, 0.3) is 5.69 Å². The SMILES string of the molecule is O=C(NCc1ccc(Cl)cc1)Nc1ccccc1-n1cccn1. The number of hydrogen-bond acceptors (Lipinski definition) is 2. The van der Waals surface area contributed by atoms with E-state index in [9.17, 15) is 4.79 Å². The monoisotopic (exact) mass is 326 g/mol. The van der Waals surface area contributed by atoms with Crippen LogP contribution in [0.3, 0.4) is 0 Å². The molecule has 1 aromatic heterocycles. The van der Waals surface area contributed by atoms with E-state index in [2.05, 4.69) is 15.7 Å². The number of urea groups is 1. The number of rotatable bonds is 4. The minimum Gasteiger partial charge on any atom is -0.334 e. The summed E-state index contributed by atoms with van der Waals surface area (Å²) in [6.45, 7) is 0.424. The molecule has 116 valence electrons. The van der Waals surface area contributed by atoms with Gasteiger partial charge in [-0.3, -0.25) is 0 Å². The maximum atomic E-state index is 12.1. The summed E-state index contributed by atoms with van der Waals surface area (Å²) in [5.41, 5.74) is 2.47. The van der Waals surface area contributed by atoms with Crippen molar-refractivity contribution in [1.82, 2.24) is 15.1 Å². The molecule has 5 nitrogen and oxygen atoms in total. The van der Waals surface area contributed by atoms with Crippen LogP contribution in [-0.4, -0.2) is 15.8 Å². The van der Waals surface area contributed by atoms with Crippen LogP contribution < -0.4 is 10.6 Å². The molecule has 0 bridgehead atoms. The van der Waals surface area contributed by atoms with Crippen molar-refractivity contribution in [2.75, 3.05) is 5.32 Å². The molecular weight excluding hydrogens is 312 g/mol. The van der Waals surface area contributed by atoms with Crippen LogP contribution >= 0.6 is 11.6 Å². The van der Waals surface area contributed by atoms with Gasteiger partial charge in [-0.05, 0) is 35.9 Å². The van der Waals surface area contributed by atoms with Crippen molar-refractivity contribution in [2.45, 2.75) is 6.54 Å². The minimum absolute atomic E-state index is 0.278. The van der Waals surface area contributed by atoms with Crippen molar-refractivity contribution < 1.29 is 4.79 Å². The fourth-order valence-electron chi connectivity index (χ4n) is 2.14. The molecule has 1 heterocycles. The van der Waals surface area contributed by atoms with E-state index >= 15 is 0 Å². The molecule has 2 amide bonds. The third-order valence-corrected chi connectivity index (χ3v) is 3.52. The van der Waals surface area contributed by atoms with Crippen LogP contribution in [-0.2, 0) is 6.54 Å². The van der Waals surface area contributed by atoms with E-state index < -0.39 is 0 Å². The van der Waals surface area contributed by atoms with Gasteiger partial charge in [0.05, 0.1) is 11.4 Å². The molecule has 2 N–H and O–H groups in total. The normalized spacial score (nSPS) is 10.3. The molecule has 0 radical (unpaired) electrons. The van der Waals surface area contributed by atoms with Gasteiger partial charge in [0.15, 0.2) is 0 Å². The highest BCUT2D eigenvalue weighted by atomic mass is 35.5. The molecule has 0 saturated carbocycles. The third-order valence-electron chi connectivity index (χ3n) is 3.27. The first-order valence-electron chi connectivity index (χ1n) is 7.11. The Morgan fingerprint density at radius 1 is 1.09 bits per heavy atom. The first-order valence-corrected chi connectivity index (χ1v) is 7.48. The van der Waals surface area contributed by atoms with Gasteiger partial charge in [-0.25, -0.2) is 9.48 Å². The molecule has 2 aromatic carbocycles. The summed E-state index contributed by atoms with van der Waals surface area (Å²) in [7, 11) is 0. The standard InChI is InChI=1S/C17H15ClN4O/c18-14-8-6-13(7-9-14)12-19-17(23)21-15-4-1-2-5-16(15)22-11-3-10-20-22/h1-11H,12H2,(H2,19,21,23). The van der Waals surface area contributed by atoms with Crippen LogP contribution in [0, 0.1) is 0 Å². The highest BCUT2D eigenvalue weighted by Crippen LogP contribution is 2.18. The molecule has 0 aliphatic heterocycles. The number of aromatic nitrogens is 2. The summed E-state index contributed by atoms with van der Waals surface area (Å²) in [5, 5.41) is 10.5. The fourth-order valence-corrected chi connectivity index (χ4v) is 2.27. The Morgan fingerprint density at radius 3 is 2.61 bits per heavy atom. The molecule has 0 saturated heterocycles. The van der Waals surface area contributed by atoms with Gasteiger partial charge in [0.25, 0.3) is 0 Å². The number of halogens is 1. The van der Waals surface area contributed by atoms with Gasteiger partial charge in [0.1, 0.15) is 0 Å². The Morgan fingerprint density at radius 2 is 1.87 bits per heavy atom. The third kappa shape index (κ3) is 3.90. The second-order valence-corrected chi connectivity index (χ2v) is 5.34. The van der Waals surface area contributed by atoms with Crippen molar-refractivity contribution in [2.24, 2.45) is 0 Å². The number of hydrogen-bond donors (Lipinski definition) is 2. The first-order chi connectivity index (χ1) is 11.2. The highest BCUT2D eigenvalue weighted by Gasteiger charge is 2.07. The number of anilines is 1. The lowest BCUT2D eigenvalue weighted by atomic mass is 10.2. The maximum absolute atomic E-state index is 12.1. The molecule has 23 heavy (non-hydrogen) atoms. The van der Waals surface area contributed by atoms with Crippen LogP contribution in [0.4, 0.5) is 10.5 Å². The summed E-state index contributed by atoms with van der Waals surface area (Å²) >= 11 is 5.84. The van der Waals surface area contributed by atoms with E-state index in [1.165, 1.54) is 0 Å². The van der Waals surface area contributed by atoms with Crippen LogP contribution in [0.15, 0.2) is 67.0 Å². The molecule has 0 spiro atoms. The van der Waals surface area contributed by atoms with E-state index in [1.54, 1.807) is 23.0 Å². The van der Waals surface area contributed by atoms with E-state index in [0.29, 0.717) is 17.3 Å². The molecule has 0 atom stereocenters. The molecule has 0 aliphatic rings. The van der Waals surface area contributed by atoms with Gasteiger partial charge < -0.3 is 10.6 Å². The predicted octanol–water partition coefficient (Wildman–Crippen LogP) is 3.85. The summed E-state index contributed by atoms with van der Waals surface area (Å²) in [5.74, 6) is 0. The fraction of sp³-hybridized carbons (Fsp3) is 0.0588. The number of amides is 2.